The molecule has 1 aliphatic rings. The Hall–Kier alpha value is -1.65. The fourth-order valence-electron chi connectivity index (χ4n) is 2.77. The van der Waals surface area contributed by atoms with E-state index in [1.807, 2.05) is 18.2 Å². The molecule has 110 valence electrons. The Bertz CT molecular complexity index is 589. The summed E-state index contributed by atoms with van der Waals surface area (Å²) in [4.78, 5) is 8.49. The number of likely N-dealkylation sites (tertiary alicyclic amines) is 1. The summed E-state index contributed by atoms with van der Waals surface area (Å²) in [7, 11) is 0. The Balaban J connectivity index is 1.71. The molecule has 0 spiro atoms. The SMILES string of the molecule is Oc1ccccc1C=NC[C@@H](c1cccs1)N1CCCC1. The summed E-state index contributed by atoms with van der Waals surface area (Å²) >= 11 is 1.80. The molecule has 2 heterocycles. The molecule has 1 fully saturated rings. The number of aromatic hydroxyl groups is 1. The summed E-state index contributed by atoms with van der Waals surface area (Å²) in [6, 6.07) is 12.0. The predicted molar refractivity (Wildman–Crippen MR) is 88.4 cm³/mol. The van der Waals surface area contributed by atoms with Gasteiger partial charge in [-0.2, -0.15) is 0 Å². The highest BCUT2D eigenvalue weighted by molar-refractivity contribution is 7.10. The van der Waals surface area contributed by atoms with Crippen LogP contribution in [0.25, 0.3) is 0 Å². The molecule has 1 aromatic carbocycles. The van der Waals surface area contributed by atoms with Crippen molar-refractivity contribution in [2.45, 2.75) is 18.9 Å². The highest BCUT2D eigenvalue weighted by atomic mass is 32.1. The number of phenolic OH excluding ortho intramolecular Hbond substituents is 1. The lowest BCUT2D eigenvalue weighted by atomic mass is 10.2. The zero-order chi connectivity index (χ0) is 14.5. The van der Waals surface area contributed by atoms with Crippen molar-refractivity contribution in [3.63, 3.8) is 0 Å². The van der Waals surface area contributed by atoms with Gasteiger partial charge in [0.05, 0.1) is 12.6 Å². The second-order valence-electron chi connectivity index (χ2n) is 5.33. The van der Waals surface area contributed by atoms with Gasteiger partial charge in [-0.15, -0.1) is 11.3 Å². The van der Waals surface area contributed by atoms with Gasteiger partial charge in [0.25, 0.3) is 0 Å². The van der Waals surface area contributed by atoms with Crippen LogP contribution in [0.5, 0.6) is 5.75 Å². The molecule has 0 saturated carbocycles. The molecule has 4 heteroatoms. The fraction of sp³-hybridized carbons (Fsp3) is 0.353. The van der Waals surface area contributed by atoms with E-state index in [2.05, 4.69) is 27.4 Å². The molecular weight excluding hydrogens is 280 g/mol. The van der Waals surface area contributed by atoms with Crippen molar-refractivity contribution in [2.75, 3.05) is 19.6 Å². The van der Waals surface area contributed by atoms with E-state index in [9.17, 15) is 5.11 Å². The van der Waals surface area contributed by atoms with Crippen molar-refractivity contribution in [2.24, 2.45) is 4.99 Å². The molecule has 0 radical (unpaired) electrons. The van der Waals surface area contributed by atoms with Crippen LogP contribution in [-0.2, 0) is 0 Å². The molecule has 1 aliphatic heterocycles. The molecule has 0 unspecified atom stereocenters. The molecular formula is C17H20N2OS. The second kappa shape index (κ2) is 6.87. The van der Waals surface area contributed by atoms with Crippen LogP contribution >= 0.6 is 11.3 Å². The van der Waals surface area contributed by atoms with Gasteiger partial charge in [0, 0.05) is 16.7 Å². The lowest BCUT2D eigenvalue weighted by Crippen LogP contribution is -2.27. The monoisotopic (exact) mass is 300 g/mol. The van der Waals surface area contributed by atoms with E-state index in [1.54, 1.807) is 23.6 Å². The Morgan fingerprint density at radius 3 is 2.71 bits per heavy atom. The summed E-state index contributed by atoms with van der Waals surface area (Å²) in [5, 5.41) is 11.9. The van der Waals surface area contributed by atoms with Gasteiger partial charge in [0.1, 0.15) is 5.75 Å². The highest BCUT2D eigenvalue weighted by Gasteiger charge is 2.23. The number of phenols is 1. The quantitative estimate of drug-likeness (QED) is 0.854. The van der Waals surface area contributed by atoms with E-state index in [0.717, 1.165) is 25.2 Å². The molecule has 1 saturated heterocycles. The number of hydrogen-bond donors (Lipinski definition) is 1. The van der Waals surface area contributed by atoms with E-state index in [-0.39, 0.29) is 5.75 Å². The normalized spacial score (nSPS) is 17.5. The third kappa shape index (κ3) is 3.52. The lowest BCUT2D eigenvalue weighted by Gasteiger charge is -2.25. The van der Waals surface area contributed by atoms with Gasteiger partial charge in [-0.05, 0) is 49.5 Å². The summed E-state index contributed by atoms with van der Waals surface area (Å²) in [5.74, 6) is 0.287. The van der Waals surface area contributed by atoms with Gasteiger partial charge in [0.2, 0.25) is 0 Å². The Morgan fingerprint density at radius 1 is 1.19 bits per heavy atom. The second-order valence-corrected chi connectivity index (χ2v) is 6.31. The Morgan fingerprint density at radius 2 is 2.00 bits per heavy atom. The number of benzene rings is 1. The molecule has 3 nitrogen and oxygen atoms in total. The number of rotatable bonds is 5. The van der Waals surface area contributed by atoms with Gasteiger partial charge < -0.3 is 5.11 Å². The van der Waals surface area contributed by atoms with Gasteiger partial charge in [-0.1, -0.05) is 18.2 Å². The van der Waals surface area contributed by atoms with Gasteiger partial charge in [-0.25, -0.2) is 0 Å². The van der Waals surface area contributed by atoms with Crippen molar-refractivity contribution in [1.29, 1.82) is 0 Å². The van der Waals surface area contributed by atoms with Crippen molar-refractivity contribution < 1.29 is 5.11 Å². The lowest BCUT2D eigenvalue weighted by molar-refractivity contribution is 0.255. The van der Waals surface area contributed by atoms with Crippen molar-refractivity contribution in [3.05, 3.63) is 52.2 Å². The van der Waals surface area contributed by atoms with E-state index in [0.29, 0.717) is 6.04 Å². The number of thiophene rings is 1. The molecule has 1 N–H and O–H groups in total. The highest BCUT2D eigenvalue weighted by Crippen LogP contribution is 2.28. The van der Waals surface area contributed by atoms with Crippen molar-refractivity contribution in [1.82, 2.24) is 4.90 Å². The molecule has 0 amide bonds. The Labute approximate surface area is 129 Å². The average Bonchev–Trinajstić information content (AvgIpc) is 3.19. The molecule has 2 aromatic rings. The van der Waals surface area contributed by atoms with E-state index >= 15 is 0 Å². The smallest absolute Gasteiger partial charge is 0.124 e. The summed E-state index contributed by atoms with van der Waals surface area (Å²) in [6.07, 6.45) is 4.35. The summed E-state index contributed by atoms with van der Waals surface area (Å²) < 4.78 is 0. The number of para-hydroxylation sites is 1. The first-order valence-corrected chi connectivity index (χ1v) is 8.28. The third-order valence-electron chi connectivity index (χ3n) is 3.90. The topological polar surface area (TPSA) is 35.8 Å². The number of nitrogens with zero attached hydrogens (tertiary/aromatic N) is 2. The maximum atomic E-state index is 9.77. The molecule has 21 heavy (non-hydrogen) atoms. The average molecular weight is 300 g/mol. The van der Waals surface area contributed by atoms with Gasteiger partial charge >= 0.3 is 0 Å². The largest absolute Gasteiger partial charge is 0.507 e. The molecule has 1 aromatic heterocycles. The van der Waals surface area contributed by atoms with Crippen LogP contribution in [0.15, 0.2) is 46.8 Å². The number of hydrogen-bond acceptors (Lipinski definition) is 4. The maximum absolute atomic E-state index is 9.77. The summed E-state index contributed by atoms with van der Waals surface area (Å²) in [5.41, 5.74) is 0.781. The first kappa shape index (κ1) is 14.3. The fourth-order valence-corrected chi connectivity index (χ4v) is 3.62. The van der Waals surface area contributed by atoms with Crippen LogP contribution in [0.3, 0.4) is 0 Å². The van der Waals surface area contributed by atoms with Crippen LogP contribution in [0.2, 0.25) is 0 Å². The predicted octanol–water partition coefficient (Wildman–Crippen LogP) is 3.71. The van der Waals surface area contributed by atoms with E-state index in [1.165, 1.54) is 17.7 Å². The van der Waals surface area contributed by atoms with E-state index < -0.39 is 0 Å². The van der Waals surface area contributed by atoms with Crippen LogP contribution < -0.4 is 0 Å². The van der Waals surface area contributed by atoms with Crippen molar-refractivity contribution in [3.8, 4) is 5.75 Å². The molecule has 0 bridgehead atoms. The van der Waals surface area contributed by atoms with Gasteiger partial charge in [0.15, 0.2) is 0 Å². The minimum atomic E-state index is 0.287. The maximum Gasteiger partial charge on any atom is 0.124 e. The summed E-state index contributed by atoms with van der Waals surface area (Å²) in [6.45, 7) is 3.07. The van der Waals surface area contributed by atoms with Crippen LogP contribution in [-0.4, -0.2) is 35.9 Å². The minimum absolute atomic E-state index is 0.287. The van der Waals surface area contributed by atoms with Crippen LogP contribution in [0.1, 0.15) is 29.3 Å². The molecule has 1 atom stereocenters. The minimum Gasteiger partial charge on any atom is -0.507 e. The van der Waals surface area contributed by atoms with E-state index in [4.69, 9.17) is 0 Å². The van der Waals surface area contributed by atoms with Crippen LogP contribution in [0, 0.1) is 0 Å². The van der Waals surface area contributed by atoms with Gasteiger partial charge in [-0.3, -0.25) is 9.89 Å². The first-order valence-electron chi connectivity index (χ1n) is 7.40. The molecule has 0 aliphatic carbocycles. The zero-order valence-corrected chi connectivity index (χ0v) is 12.8. The zero-order valence-electron chi connectivity index (χ0n) is 12.0. The van der Waals surface area contributed by atoms with Crippen LogP contribution in [0.4, 0.5) is 0 Å². The Kier molecular flexibility index (Phi) is 4.68. The number of aliphatic imine (C=N–C) groups is 1. The third-order valence-corrected chi connectivity index (χ3v) is 4.87. The standard InChI is InChI=1S/C17H20N2OS/c20-16-7-2-1-6-14(16)12-18-13-15(17-8-5-11-21-17)19-9-3-4-10-19/h1-2,5-8,11-12,15,20H,3-4,9-10,13H2/t15-/m0/s1. The first-order chi connectivity index (χ1) is 10.3. The van der Waals surface area contributed by atoms with Crippen molar-refractivity contribution >= 4 is 17.6 Å². The molecule has 3 rings (SSSR count).